The van der Waals surface area contributed by atoms with E-state index in [0.717, 1.165) is 36.5 Å². The Labute approximate surface area is 151 Å². The number of halogens is 1. The quantitative estimate of drug-likeness (QED) is 0.761. The third kappa shape index (κ3) is 3.95. The zero-order chi connectivity index (χ0) is 17.8. The summed E-state index contributed by atoms with van der Waals surface area (Å²) in [6.45, 7) is 3.94. The van der Waals surface area contributed by atoms with Gasteiger partial charge in [-0.2, -0.15) is 0 Å². The molecule has 0 spiro atoms. The van der Waals surface area contributed by atoms with Crippen molar-refractivity contribution in [1.82, 2.24) is 30.2 Å². The van der Waals surface area contributed by atoms with Crippen molar-refractivity contribution >= 4 is 0 Å². The first-order chi connectivity index (χ1) is 12.8. The number of rotatable bonds is 5. The van der Waals surface area contributed by atoms with Crippen molar-refractivity contribution in [2.24, 2.45) is 0 Å². The highest BCUT2D eigenvalue weighted by molar-refractivity contribution is 5.21. The Balaban J connectivity index is 1.47. The molecule has 0 radical (unpaired) electrons. The number of aromatic nitrogens is 4. The van der Waals surface area contributed by atoms with Crippen LogP contribution in [-0.4, -0.2) is 44.5 Å². The van der Waals surface area contributed by atoms with Crippen molar-refractivity contribution in [2.45, 2.75) is 19.1 Å². The molecule has 3 heterocycles. The first kappa shape index (κ1) is 16.8. The minimum Gasteiger partial charge on any atom is -0.314 e. The predicted octanol–water partition coefficient (Wildman–Crippen LogP) is 2.01. The smallest absolute Gasteiger partial charge is 0.123 e. The maximum absolute atomic E-state index is 13.6. The second-order valence-corrected chi connectivity index (χ2v) is 6.51. The molecule has 1 aliphatic heterocycles. The van der Waals surface area contributed by atoms with Crippen LogP contribution in [0.2, 0.25) is 0 Å². The normalized spacial score (nSPS) is 18.1. The van der Waals surface area contributed by atoms with Gasteiger partial charge in [0.05, 0.1) is 18.4 Å². The topological polar surface area (TPSA) is 58.9 Å². The third-order valence-electron chi connectivity index (χ3n) is 4.61. The molecule has 1 unspecified atom stereocenters. The van der Waals surface area contributed by atoms with E-state index in [1.807, 2.05) is 35.3 Å². The van der Waals surface area contributed by atoms with E-state index >= 15 is 0 Å². The van der Waals surface area contributed by atoms with E-state index in [9.17, 15) is 4.39 Å². The molecule has 134 valence electrons. The Morgan fingerprint density at radius 1 is 1.19 bits per heavy atom. The predicted molar refractivity (Wildman–Crippen MR) is 95.8 cm³/mol. The molecule has 0 saturated carbocycles. The zero-order valence-corrected chi connectivity index (χ0v) is 14.4. The van der Waals surface area contributed by atoms with Gasteiger partial charge in [-0.05, 0) is 29.3 Å². The Morgan fingerprint density at radius 2 is 2.15 bits per heavy atom. The van der Waals surface area contributed by atoms with E-state index in [0.29, 0.717) is 13.1 Å². The minimum absolute atomic E-state index is 0.128. The fraction of sp³-hybridized carbons (Fsp3) is 0.316. The van der Waals surface area contributed by atoms with Gasteiger partial charge in [-0.15, -0.1) is 5.10 Å². The van der Waals surface area contributed by atoms with E-state index in [2.05, 4.69) is 25.5 Å². The molecule has 1 fully saturated rings. The number of hydrogen-bond acceptors (Lipinski definition) is 5. The lowest BCUT2D eigenvalue weighted by molar-refractivity contribution is 0.151. The lowest BCUT2D eigenvalue weighted by atomic mass is 10.0. The van der Waals surface area contributed by atoms with Gasteiger partial charge in [0.15, 0.2) is 0 Å². The molecule has 4 rings (SSSR count). The van der Waals surface area contributed by atoms with Crippen molar-refractivity contribution < 1.29 is 4.39 Å². The number of nitrogens with zero attached hydrogens (tertiary/aromatic N) is 5. The molecule has 26 heavy (non-hydrogen) atoms. The summed E-state index contributed by atoms with van der Waals surface area (Å²) in [5.41, 5.74) is 2.99. The van der Waals surface area contributed by atoms with Crippen LogP contribution in [0, 0.1) is 5.82 Å². The summed E-state index contributed by atoms with van der Waals surface area (Å²) in [5.74, 6) is -0.199. The van der Waals surface area contributed by atoms with Gasteiger partial charge in [0.2, 0.25) is 0 Å². The van der Waals surface area contributed by atoms with Crippen LogP contribution in [0.3, 0.4) is 0 Å². The van der Waals surface area contributed by atoms with Crippen molar-refractivity contribution in [3.05, 3.63) is 77.6 Å². The first-order valence-electron chi connectivity index (χ1n) is 8.76. The largest absolute Gasteiger partial charge is 0.314 e. The maximum atomic E-state index is 13.6. The van der Waals surface area contributed by atoms with E-state index < -0.39 is 0 Å². The summed E-state index contributed by atoms with van der Waals surface area (Å²) >= 11 is 0. The standard InChI is InChI=1S/C19H21FN6/c20-17-5-1-4-16(9-17)19-11-22-7-8-25(19)13-18-14-26(24-23-18)12-15-3-2-6-21-10-15/h1-6,9-10,14,19,22H,7-8,11-13H2. The van der Waals surface area contributed by atoms with Crippen LogP contribution in [-0.2, 0) is 13.1 Å². The average molecular weight is 352 g/mol. The molecule has 1 N–H and O–H groups in total. The SMILES string of the molecule is Fc1cccc(C2CNCCN2Cc2cn(Cc3cccnc3)nn2)c1. The molecular weight excluding hydrogens is 331 g/mol. The van der Waals surface area contributed by atoms with Gasteiger partial charge in [0.1, 0.15) is 5.82 Å². The number of nitrogens with one attached hydrogen (secondary N) is 1. The summed E-state index contributed by atoms with van der Waals surface area (Å²) in [7, 11) is 0. The number of pyridine rings is 1. The molecule has 0 aliphatic carbocycles. The summed E-state index contributed by atoms with van der Waals surface area (Å²) < 4.78 is 15.4. The van der Waals surface area contributed by atoms with Gasteiger partial charge in [0.25, 0.3) is 0 Å². The van der Waals surface area contributed by atoms with E-state index in [1.54, 1.807) is 18.3 Å². The highest BCUT2D eigenvalue weighted by atomic mass is 19.1. The van der Waals surface area contributed by atoms with Crippen LogP contribution in [0.1, 0.15) is 22.9 Å². The Bertz CT molecular complexity index is 850. The zero-order valence-electron chi connectivity index (χ0n) is 14.4. The molecule has 0 bridgehead atoms. The number of hydrogen-bond donors (Lipinski definition) is 1. The van der Waals surface area contributed by atoms with E-state index in [1.165, 1.54) is 6.07 Å². The van der Waals surface area contributed by atoms with Crippen molar-refractivity contribution in [3.63, 3.8) is 0 Å². The molecule has 1 aliphatic rings. The molecule has 3 aromatic rings. The lowest BCUT2D eigenvalue weighted by Crippen LogP contribution is -2.45. The second kappa shape index (κ2) is 7.72. The molecule has 6 nitrogen and oxygen atoms in total. The van der Waals surface area contributed by atoms with Gasteiger partial charge in [-0.25, -0.2) is 9.07 Å². The second-order valence-electron chi connectivity index (χ2n) is 6.51. The third-order valence-corrected chi connectivity index (χ3v) is 4.61. The number of benzene rings is 1. The van der Waals surface area contributed by atoms with Gasteiger partial charge in [-0.1, -0.05) is 23.4 Å². The van der Waals surface area contributed by atoms with Crippen molar-refractivity contribution in [1.29, 1.82) is 0 Å². The minimum atomic E-state index is -0.199. The van der Waals surface area contributed by atoms with Gasteiger partial charge < -0.3 is 5.32 Å². The van der Waals surface area contributed by atoms with Gasteiger partial charge in [-0.3, -0.25) is 9.88 Å². The summed E-state index contributed by atoms with van der Waals surface area (Å²) in [6.07, 6.45) is 5.56. The van der Waals surface area contributed by atoms with Crippen molar-refractivity contribution in [3.8, 4) is 0 Å². The van der Waals surface area contributed by atoms with Gasteiger partial charge >= 0.3 is 0 Å². The highest BCUT2D eigenvalue weighted by Crippen LogP contribution is 2.24. The van der Waals surface area contributed by atoms with Crippen LogP contribution in [0.5, 0.6) is 0 Å². The fourth-order valence-corrected chi connectivity index (χ4v) is 3.35. The fourth-order valence-electron chi connectivity index (χ4n) is 3.35. The lowest BCUT2D eigenvalue weighted by Gasteiger charge is -2.36. The average Bonchev–Trinajstić information content (AvgIpc) is 3.10. The summed E-state index contributed by atoms with van der Waals surface area (Å²) in [6, 6.07) is 10.9. The van der Waals surface area contributed by atoms with Gasteiger partial charge in [0, 0.05) is 44.6 Å². The molecular formula is C19H21FN6. The van der Waals surface area contributed by atoms with Crippen LogP contribution in [0.25, 0.3) is 0 Å². The van der Waals surface area contributed by atoms with Crippen LogP contribution in [0.4, 0.5) is 4.39 Å². The highest BCUT2D eigenvalue weighted by Gasteiger charge is 2.24. The van der Waals surface area contributed by atoms with Crippen LogP contribution in [0.15, 0.2) is 55.0 Å². The molecule has 1 saturated heterocycles. The molecule has 7 heteroatoms. The number of piperazine rings is 1. The van der Waals surface area contributed by atoms with Crippen LogP contribution >= 0.6 is 0 Å². The monoisotopic (exact) mass is 352 g/mol. The summed E-state index contributed by atoms with van der Waals surface area (Å²) in [4.78, 5) is 6.45. The Morgan fingerprint density at radius 3 is 3.00 bits per heavy atom. The Hall–Kier alpha value is -2.64. The van der Waals surface area contributed by atoms with E-state index in [4.69, 9.17) is 0 Å². The molecule has 2 aromatic heterocycles. The first-order valence-corrected chi connectivity index (χ1v) is 8.76. The molecule has 1 aromatic carbocycles. The Kier molecular flexibility index (Phi) is 4.99. The van der Waals surface area contributed by atoms with Crippen LogP contribution < -0.4 is 5.32 Å². The maximum Gasteiger partial charge on any atom is 0.123 e. The molecule has 0 amide bonds. The van der Waals surface area contributed by atoms with E-state index in [-0.39, 0.29) is 11.9 Å². The summed E-state index contributed by atoms with van der Waals surface area (Å²) in [5, 5.41) is 11.9. The molecule has 1 atom stereocenters. The van der Waals surface area contributed by atoms with Crippen molar-refractivity contribution in [2.75, 3.05) is 19.6 Å².